The van der Waals surface area contributed by atoms with E-state index in [1.54, 1.807) is 0 Å². The quantitative estimate of drug-likeness (QED) is 0.507. The van der Waals surface area contributed by atoms with E-state index in [9.17, 15) is 18.5 Å². The molecule has 1 aromatic heterocycles. The highest BCUT2D eigenvalue weighted by Crippen LogP contribution is 2.30. The minimum absolute atomic E-state index is 0.0992. The summed E-state index contributed by atoms with van der Waals surface area (Å²) in [6.07, 6.45) is 1.51. The van der Waals surface area contributed by atoms with Crippen molar-refractivity contribution >= 4 is 38.6 Å². The Hall–Kier alpha value is -1.52. The first-order chi connectivity index (χ1) is 12.4. The molecule has 1 saturated heterocycles. The normalized spacial score (nSPS) is 17.7. The van der Waals surface area contributed by atoms with Crippen LogP contribution >= 0.6 is 22.9 Å². The Morgan fingerprint density at radius 1 is 1.38 bits per heavy atom. The molecule has 0 radical (unpaired) electrons. The van der Waals surface area contributed by atoms with Gasteiger partial charge >= 0.3 is 0 Å². The second-order valence-corrected chi connectivity index (χ2v) is 9.26. The van der Waals surface area contributed by atoms with Crippen LogP contribution in [0.3, 0.4) is 0 Å². The molecule has 0 unspecified atom stereocenters. The third-order valence-electron chi connectivity index (χ3n) is 4.10. The number of ether oxygens (including phenoxy) is 1. The molecule has 0 saturated carbocycles. The lowest BCUT2D eigenvalue weighted by Crippen LogP contribution is -2.36. The third kappa shape index (κ3) is 4.24. The van der Waals surface area contributed by atoms with Crippen LogP contribution in [0.5, 0.6) is 0 Å². The number of nitro groups is 1. The van der Waals surface area contributed by atoms with Crippen molar-refractivity contribution in [2.75, 3.05) is 13.2 Å². The summed E-state index contributed by atoms with van der Waals surface area (Å²) in [5, 5.41) is 12.9. The molecule has 0 bridgehead atoms. The first-order valence-corrected chi connectivity index (χ1v) is 10.7. The Morgan fingerprint density at radius 2 is 2.19 bits per heavy atom. The van der Waals surface area contributed by atoms with E-state index in [0.717, 1.165) is 23.8 Å². The monoisotopic (exact) mass is 416 g/mol. The van der Waals surface area contributed by atoms with Crippen LogP contribution in [0.15, 0.2) is 40.6 Å². The summed E-state index contributed by atoms with van der Waals surface area (Å²) in [6.45, 7) is 1.01. The molecule has 1 fully saturated rings. The average Bonchev–Trinajstić information content (AvgIpc) is 3.28. The van der Waals surface area contributed by atoms with Gasteiger partial charge in [0, 0.05) is 30.6 Å². The largest absolute Gasteiger partial charge is 0.377 e. The molecule has 3 rings (SSSR count). The molecule has 1 aliphatic rings. The van der Waals surface area contributed by atoms with E-state index < -0.39 is 20.6 Å². The molecule has 1 aliphatic heterocycles. The lowest BCUT2D eigenvalue weighted by molar-refractivity contribution is -0.384. The number of hydrogen-bond acceptors (Lipinski definition) is 6. The van der Waals surface area contributed by atoms with Gasteiger partial charge in [0.2, 0.25) is 10.0 Å². The maximum Gasteiger partial charge on any atom is 0.289 e. The van der Waals surface area contributed by atoms with Crippen LogP contribution in [-0.4, -0.2) is 36.9 Å². The summed E-state index contributed by atoms with van der Waals surface area (Å²) in [5.41, 5.74) is -0.430. The summed E-state index contributed by atoms with van der Waals surface area (Å²) in [7, 11) is -3.94. The zero-order valence-electron chi connectivity index (χ0n) is 13.7. The van der Waals surface area contributed by atoms with Crippen LogP contribution < -0.4 is 0 Å². The maximum atomic E-state index is 13.1. The SMILES string of the molecule is O=[N+]([O-])c1cc(S(=O)(=O)N(Cc2cccs2)C[C@@H]2CCCO2)ccc1Cl. The summed E-state index contributed by atoms with van der Waals surface area (Å²) in [5.74, 6) is 0. The van der Waals surface area contributed by atoms with E-state index in [4.69, 9.17) is 16.3 Å². The molecular weight excluding hydrogens is 400 g/mol. The van der Waals surface area contributed by atoms with Gasteiger partial charge in [-0.2, -0.15) is 4.31 Å². The van der Waals surface area contributed by atoms with Crippen LogP contribution in [0.4, 0.5) is 5.69 Å². The zero-order chi connectivity index (χ0) is 18.7. The second-order valence-electron chi connectivity index (χ2n) is 5.88. The molecule has 0 amide bonds. The predicted octanol–water partition coefficient (Wildman–Crippen LogP) is 3.68. The summed E-state index contributed by atoms with van der Waals surface area (Å²) in [6, 6.07) is 7.25. The van der Waals surface area contributed by atoms with Crippen molar-refractivity contribution in [1.29, 1.82) is 0 Å². The van der Waals surface area contributed by atoms with Gasteiger partial charge in [0.05, 0.1) is 15.9 Å². The molecule has 7 nitrogen and oxygen atoms in total. The fourth-order valence-corrected chi connectivity index (χ4v) is 5.24. The maximum absolute atomic E-state index is 13.1. The zero-order valence-corrected chi connectivity index (χ0v) is 16.1. The van der Waals surface area contributed by atoms with E-state index in [2.05, 4.69) is 0 Å². The van der Waals surface area contributed by atoms with Gasteiger partial charge in [-0.15, -0.1) is 11.3 Å². The van der Waals surface area contributed by atoms with Gasteiger partial charge in [0.1, 0.15) is 5.02 Å². The second kappa shape index (κ2) is 8.01. The number of halogens is 1. The van der Waals surface area contributed by atoms with Gasteiger partial charge in [-0.05, 0) is 36.4 Å². The fourth-order valence-electron chi connectivity index (χ4n) is 2.78. The Labute approximate surface area is 160 Å². The lowest BCUT2D eigenvalue weighted by atomic mass is 10.2. The molecule has 0 spiro atoms. The van der Waals surface area contributed by atoms with E-state index in [1.807, 2.05) is 17.5 Å². The molecule has 1 atom stereocenters. The van der Waals surface area contributed by atoms with Crippen molar-refractivity contribution in [1.82, 2.24) is 4.31 Å². The highest BCUT2D eigenvalue weighted by molar-refractivity contribution is 7.89. The van der Waals surface area contributed by atoms with Crippen LogP contribution in [0.1, 0.15) is 17.7 Å². The first-order valence-electron chi connectivity index (χ1n) is 7.96. The average molecular weight is 417 g/mol. The highest BCUT2D eigenvalue weighted by Gasteiger charge is 2.31. The lowest BCUT2D eigenvalue weighted by Gasteiger charge is -2.24. The van der Waals surface area contributed by atoms with Crippen LogP contribution in [-0.2, 0) is 21.3 Å². The Bertz CT molecular complexity index is 880. The first kappa shape index (κ1) is 19.2. The van der Waals surface area contributed by atoms with Gasteiger partial charge in [0.25, 0.3) is 5.69 Å². The molecule has 1 aromatic carbocycles. The topological polar surface area (TPSA) is 89.8 Å². The minimum Gasteiger partial charge on any atom is -0.377 e. The standard InChI is InChI=1S/C16H17ClN2O5S2/c17-15-6-5-14(9-16(15)19(20)21)26(22,23)18(10-12-3-1-7-24-12)11-13-4-2-8-25-13/h2,4-6,8-9,12H,1,3,7,10-11H2/t12-/m0/s1. The Balaban J connectivity index is 1.94. The Kier molecular flexibility index (Phi) is 5.93. The predicted molar refractivity (Wildman–Crippen MR) is 99.0 cm³/mol. The molecule has 2 aromatic rings. The van der Waals surface area contributed by atoms with E-state index in [-0.39, 0.29) is 29.1 Å². The van der Waals surface area contributed by atoms with Gasteiger partial charge in [-0.3, -0.25) is 10.1 Å². The highest BCUT2D eigenvalue weighted by atomic mass is 35.5. The van der Waals surface area contributed by atoms with Crippen molar-refractivity contribution in [2.24, 2.45) is 0 Å². The van der Waals surface area contributed by atoms with Crippen LogP contribution in [0.2, 0.25) is 5.02 Å². The number of rotatable bonds is 7. The minimum atomic E-state index is -3.94. The fraction of sp³-hybridized carbons (Fsp3) is 0.375. The molecule has 26 heavy (non-hydrogen) atoms. The van der Waals surface area contributed by atoms with Crippen molar-refractivity contribution in [2.45, 2.75) is 30.4 Å². The molecule has 2 heterocycles. The van der Waals surface area contributed by atoms with E-state index in [0.29, 0.717) is 6.61 Å². The summed E-state index contributed by atoms with van der Waals surface area (Å²) in [4.78, 5) is 11.1. The van der Waals surface area contributed by atoms with Crippen LogP contribution in [0.25, 0.3) is 0 Å². The van der Waals surface area contributed by atoms with Crippen molar-refractivity contribution in [3.05, 3.63) is 55.7 Å². The molecule has 140 valence electrons. The third-order valence-corrected chi connectivity index (χ3v) is 7.08. The number of benzene rings is 1. The van der Waals surface area contributed by atoms with E-state index >= 15 is 0 Å². The summed E-state index contributed by atoms with van der Waals surface area (Å²) < 4.78 is 33.2. The number of sulfonamides is 1. The van der Waals surface area contributed by atoms with Crippen molar-refractivity contribution < 1.29 is 18.1 Å². The van der Waals surface area contributed by atoms with Crippen molar-refractivity contribution in [3.63, 3.8) is 0 Å². The summed E-state index contributed by atoms with van der Waals surface area (Å²) >= 11 is 7.26. The van der Waals surface area contributed by atoms with Gasteiger partial charge in [-0.25, -0.2) is 8.42 Å². The van der Waals surface area contributed by atoms with Gasteiger partial charge in [0.15, 0.2) is 0 Å². The number of nitro benzene ring substituents is 1. The number of hydrogen-bond donors (Lipinski definition) is 0. The smallest absolute Gasteiger partial charge is 0.289 e. The molecule has 10 heteroatoms. The van der Waals surface area contributed by atoms with Gasteiger partial charge < -0.3 is 4.74 Å². The molecule has 0 N–H and O–H groups in total. The Morgan fingerprint density at radius 3 is 2.81 bits per heavy atom. The van der Waals surface area contributed by atoms with E-state index in [1.165, 1.54) is 27.8 Å². The van der Waals surface area contributed by atoms with Crippen molar-refractivity contribution in [3.8, 4) is 0 Å². The van der Waals surface area contributed by atoms with Crippen LogP contribution in [0, 0.1) is 10.1 Å². The van der Waals surface area contributed by atoms with Gasteiger partial charge in [-0.1, -0.05) is 17.7 Å². The number of thiophene rings is 1. The number of nitrogens with zero attached hydrogens (tertiary/aromatic N) is 2. The molecular formula is C16H17ClN2O5S2. The molecule has 0 aliphatic carbocycles.